The van der Waals surface area contributed by atoms with Gasteiger partial charge in [0.1, 0.15) is 17.1 Å². The molecule has 3 heterocycles. The summed E-state index contributed by atoms with van der Waals surface area (Å²) in [4.78, 5) is 40.3. The molecular weight excluding hydrogens is 364 g/mol. The van der Waals surface area contributed by atoms with Gasteiger partial charge in [-0.15, -0.1) is 11.3 Å². The second-order valence-electron chi connectivity index (χ2n) is 8.08. The average Bonchev–Trinajstić information content (AvgIpc) is 3.09. The second-order valence-corrected chi connectivity index (χ2v) is 9.11. The zero-order valence-electron chi connectivity index (χ0n) is 16.0. The molecule has 27 heavy (non-hydrogen) atoms. The Morgan fingerprint density at radius 3 is 2.70 bits per heavy atom. The summed E-state index contributed by atoms with van der Waals surface area (Å²) in [6, 6.07) is 3.72. The lowest BCUT2D eigenvalue weighted by molar-refractivity contribution is -0.165. The van der Waals surface area contributed by atoms with Crippen molar-refractivity contribution >= 4 is 29.0 Å². The van der Waals surface area contributed by atoms with Gasteiger partial charge in [0, 0.05) is 30.3 Å². The summed E-state index contributed by atoms with van der Waals surface area (Å²) in [5, 5.41) is 1.94. The van der Waals surface area contributed by atoms with E-state index in [1.807, 2.05) is 17.5 Å². The quantitative estimate of drug-likeness (QED) is 0.595. The predicted octanol–water partition coefficient (Wildman–Crippen LogP) is 2.43. The molecule has 2 aliphatic heterocycles. The van der Waals surface area contributed by atoms with Crippen LogP contribution in [0.2, 0.25) is 0 Å². The third-order valence-corrected chi connectivity index (χ3v) is 5.78. The van der Waals surface area contributed by atoms with Gasteiger partial charge in [-0.2, -0.15) is 0 Å². The monoisotopic (exact) mass is 390 g/mol. The topological polar surface area (TPSA) is 89.7 Å². The van der Waals surface area contributed by atoms with E-state index in [0.29, 0.717) is 12.8 Å². The molecule has 0 spiro atoms. The molecule has 0 radical (unpaired) electrons. The molecule has 146 valence electrons. The van der Waals surface area contributed by atoms with E-state index in [9.17, 15) is 14.4 Å². The number of hydrogen-bond acceptors (Lipinski definition) is 6. The first kappa shape index (κ1) is 19.8. The van der Waals surface area contributed by atoms with Crippen LogP contribution < -0.4 is 5.73 Å². The lowest BCUT2D eigenvalue weighted by Crippen LogP contribution is -2.63. The summed E-state index contributed by atoms with van der Waals surface area (Å²) < 4.78 is 5.48. The first-order chi connectivity index (χ1) is 12.7. The standard InChI is InChI=1S/C20H26N2O4S/c1-20(2,3)26-19(25)17-12(11-21)6-7-16-15(18(24)22(16)17)10-13(23)9-14-5-4-8-27-14/h4-5,8,15-16H,6-7,9-11,21H2,1-3H3/t15-,16+/m0/s1. The summed E-state index contributed by atoms with van der Waals surface area (Å²) in [7, 11) is 0. The molecular formula is C20H26N2O4S. The number of rotatable bonds is 6. The van der Waals surface area contributed by atoms with Crippen molar-refractivity contribution in [2.75, 3.05) is 6.54 Å². The minimum atomic E-state index is -0.652. The number of esters is 1. The number of hydrogen-bond donors (Lipinski definition) is 1. The van der Waals surface area contributed by atoms with E-state index in [2.05, 4.69) is 0 Å². The molecule has 6 nitrogen and oxygen atoms in total. The third kappa shape index (κ3) is 4.14. The Hall–Kier alpha value is -1.99. The number of carbonyl (C=O) groups is 3. The van der Waals surface area contributed by atoms with Crippen LogP contribution in [-0.4, -0.2) is 40.7 Å². The predicted molar refractivity (Wildman–Crippen MR) is 103 cm³/mol. The number of thiophene rings is 1. The Labute approximate surface area is 163 Å². The molecule has 1 aromatic rings. The summed E-state index contributed by atoms with van der Waals surface area (Å²) in [5.41, 5.74) is 6.19. The number of ketones is 1. The van der Waals surface area contributed by atoms with E-state index in [4.69, 9.17) is 10.5 Å². The van der Waals surface area contributed by atoms with Crippen LogP contribution >= 0.6 is 11.3 Å². The van der Waals surface area contributed by atoms with Gasteiger partial charge in [-0.3, -0.25) is 9.59 Å². The summed E-state index contributed by atoms with van der Waals surface area (Å²) in [5.74, 6) is -0.979. The number of carbonyl (C=O) groups excluding carboxylic acids is 3. The molecule has 0 bridgehead atoms. The molecule has 7 heteroatoms. The fourth-order valence-corrected chi connectivity index (χ4v) is 4.47. The van der Waals surface area contributed by atoms with Crippen molar-refractivity contribution in [1.29, 1.82) is 0 Å². The zero-order valence-corrected chi connectivity index (χ0v) is 16.8. The lowest BCUT2D eigenvalue weighted by atomic mass is 9.76. The van der Waals surface area contributed by atoms with Crippen LogP contribution in [0.4, 0.5) is 0 Å². The second kappa shape index (κ2) is 7.56. The smallest absolute Gasteiger partial charge is 0.355 e. The van der Waals surface area contributed by atoms with E-state index < -0.39 is 11.6 Å². The number of ether oxygens (including phenoxy) is 1. The Balaban J connectivity index is 1.72. The number of β-lactam (4-membered cyclic amide) rings is 1. The molecule has 0 aromatic carbocycles. The molecule has 0 unspecified atom stereocenters. The SMILES string of the molecule is CC(C)(C)OC(=O)C1=C(CN)CC[C@@H]2[C@H](CC(=O)Cc3cccs3)C(=O)N12. The van der Waals surface area contributed by atoms with Crippen molar-refractivity contribution in [3.05, 3.63) is 33.7 Å². The van der Waals surface area contributed by atoms with E-state index >= 15 is 0 Å². The fourth-order valence-electron chi connectivity index (χ4n) is 3.74. The van der Waals surface area contributed by atoms with Crippen molar-refractivity contribution in [2.24, 2.45) is 11.7 Å². The minimum absolute atomic E-state index is 0.0582. The van der Waals surface area contributed by atoms with Crippen LogP contribution in [0.15, 0.2) is 28.8 Å². The lowest BCUT2D eigenvalue weighted by Gasteiger charge is -2.50. The van der Waals surface area contributed by atoms with Gasteiger partial charge in [0.25, 0.3) is 0 Å². The van der Waals surface area contributed by atoms with Gasteiger partial charge in [0.15, 0.2) is 0 Å². The molecule has 2 aliphatic rings. The van der Waals surface area contributed by atoms with Gasteiger partial charge in [0.2, 0.25) is 5.91 Å². The van der Waals surface area contributed by atoms with Crippen molar-refractivity contribution in [3.63, 3.8) is 0 Å². The normalized spacial score (nSPS) is 22.4. The molecule has 1 amide bonds. The molecule has 3 rings (SSSR count). The van der Waals surface area contributed by atoms with Crippen LogP contribution in [0, 0.1) is 5.92 Å². The van der Waals surface area contributed by atoms with Gasteiger partial charge in [-0.05, 0) is 50.6 Å². The number of fused-ring (bicyclic) bond motifs is 1. The molecule has 0 saturated carbocycles. The van der Waals surface area contributed by atoms with E-state index in [0.717, 1.165) is 16.9 Å². The maximum Gasteiger partial charge on any atom is 0.355 e. The maximum absolute atomic E-state index is 12.8. The van der Waals surface area contributed by atoms with Gasteiger partial charge in [0.05, 0.1) is 5.92 Å². The molecule has 1 fully saturated rings. The van der Waals surface area contributed by atoms with Crippen molar-refractivity contribution in [3.8, 4) is 0 Å². The minimum Gasteiger partial charge on any atom is -0.455 e. The van der Waals surface area contributed by atoms with Crippen molar-refractivity contribution in [1.82, 2.24) is 4.90 Å². The molecule has 1 saturated heterocycles. The molecule has 2 atom stereocenters. The van der Waals surface area contributed by atoms with Crippen molar-refractivity contribution in [2.45, 2.75) is 58.1 Å². The molecule has 0 aliphatic carbocycles. The van der Waals surface area contributed by atoms with Gasteiger partial charge >= 0.3 is 5.97 Å². The van der Waals surface area contributed by atoms with Crippen LogP contribution in [0.3, 0.4) is 0 Å². The fraction of sp³-hybridized carbons (Fsp3) is 0.550. The highest BCUT2D eigenvalue weighted by atomic mass is 32.1. The number of Topliss-reactive ketones (excluding diaryl/α,β-unsaturated/α-hetero) is 1. The first-order valence-corrected chi connectivity index (χ1v) is 10.1. The Bertz CT molecular complexity index is 776. The van der Waals surface area contributed by atoms with Crippen LogP contribution in [-0.2, 0) is 25.5 Å². The highest BCUT2D eigenvalue weighted by Gasteiger charge is 2.53. The van der Waals surface area contributed by atoms with Crippen LogP contribution in [0.1, 0.15) is 44.9 Å². The molecule has 2 N–H and O–H groups in total. The van der Waals surface area contributed by atoms with Crippen LogP contribution in [0.5, 0.6) is 0 Å². The number of nitrogens with zero attached hydrogens (tertiary/aromatic N) is 1. The van der Waals surface area contributed by atoms with Gasteiger partial charge in [-0.1, -0.05) is 6.07 Å². The highest BCUT2D eigenvalue weighted by Crippen LogP contribution is 2.42. The number of amides is 1. The van der Waals surface area contributed by atoms with Crippen LogP contribution in [0.25, 0.3) is 0 Å². The van der Waals surface area contributed by atoms with Gasteiger partial charge < -0.3 is 15.4 Å². The van der Waals surface area contributed by atoms with E-state index in [1.165, 1.54) is 4.90 Å². The zero-order chi connectivity index (χ0) is 19.8. The average molecular weight is 391 g/mol. The number of nitrogens with two attached hydrogens (primary N) is 1. The van der Waals surface area contributed by atoms with E-state index in [-0.39, 0.29) is 42.3 Å². The largest absolute Gasteiger partial charge is 0.455 e. The Morgan fingerprint density at radius 1 is 1.37 bits per heavy atom. The summed E-state index contributed by atoms with van der Waals surface area (Å²) >= 11 is 1.54. The van der Waals surface area contributed by atoms with E-state index in [1.54, 1.807) is 32.1 Å². The third-order valence-electron chi connectivity index (χ3n) is 4.91. The van der Waals surface area contributed by atoms with Gasteiger partial charge in [-0.25, -0.2) is 4.79 Å². The Kier molecular flexibility index (Phi) is 5.53. The molecule has 1 aromatic heterocycles. The summed E-state index contributed by atoms with van der Waals surface area (Å²) in [6.07, 6.45) is 1.95. The van der Waals surface area contributed by atoms with Crippen molar-refractivity contribution < 1.29 is 19.1 Å². The summed E-state index contributed by atoms with van der Waals surface area (Å²) in [6.45, 7) is 5.58. The highest BCUT2D eigenvalue weighted by molar-refractivity contribution is 7.10. The Morgan fingerprint density at radius 2 is 2.11 bits per heavy atom. The first-order valence-electron chi connectivity index (χ1n) is 9.24. The maximum atomic E-state index is 12.8.